The fourth-order valence-corrected chi connectivity index (χ4v) is 6.14. The summed E-state index contributed by atoms with van der Waals surface area (Å²) in [5.74, 6) is 1.51. The fourth-order valence-electron chi connectivity index (χ4n) is 5.13. The summed E-state index contributed by atoms with van der Waals surface area (Å²) < 4.78 is 13.7. The minimum Gasteiger partial charge on any atom is -0.497 e. The van der Waals surface area contributed by atoms with Gasteiger partial charge in [-0.05, 0) is 65.4 Å². The van der Waals surface area contributed by atoms with E-state index in [-0.39, 0.29) is 11.6 Å². The van der Waals surface area contributed by atoms with E-state index in [9.17, 15) is 4.79 Å². The van der Waals surface area contributed by atoms with Crippen molar-refractivity contribution in [1.29, 1.82) is 0 Å². The Hall–Kier alpha value is -4.16. The van der Waals surface area contributed by atoms with Gasteiger partial charge in [0.15, 0.2) is 4.80 Å². The van der Waals surface area contributed by atoms with E-state index in [2.05, 4.69) is 36.9 Å². The molecule has 184 valence electrons. The van der Waals surface area contributed by atoms with Crippen LogP contribution in [-0.2, 0) is 6.42 Å². The number of thiazole rings is 1. The molecule has 0 saturated carbocycles. The second-order valence-electron chi connectivity index (χ2n) is 9.06. The van der Waals surface area contributed by atoms with Crippen molar-refractivity contribution in [2.75, 3.05) is 13.7 Å². The SMILES string of the molecule is C=CCOc1cccc(C=c2sc3n(c2=O)C(c2cccc(OC)c2)C2=C(N=3)c3ccccc3CC2)c1. The van der Waals surface area contributed by atoms with Gasteiger partial charge in [-0.25, -0.2) is 4.99 Å². The predicted molar refractivity (Wildman–Crippen MR) is 148 cm³/mol. The first-order valence-corrected chi connectivity index (χ1v) is 13.1. The third kappa shape index (κ3) is 4.23. The van der Waals surface area contributed by atoms with E-state index in [0.717, 1.165) is 46.7 Å². The van der Waals surface area contributed by atoms with Crippen molar-refractivity contribution >= 4 is 23.1 Å². The first-order chi connectivity index (χ1) is 18.2. The van der Waals surface area contributed by atoms with Crippen LogP contribution in [0.25, 0.3) is 11.8 Å². The molecule has 1 aliphatic heterocycles. The summed E-state index contributed by atoms with van der Waals surface area (Å²) in [6, 6.07) is 23.9. The first-order valence-electron chi connectivity index (χ1n) is 12.3. The Morgan fingerprint density at radius 3 is 2.76 bits per heavy atom. The number of aryl methyl sites for hydroxylation is 1. The van der Waals surface area contributed by atoms with Crippen LogP contribution in [0.1, 0.15) is 34.7 Å². The number of hydrogen-bond acceptors (Lipinski definition) is 5. The smallest absolute Gasteiger partial charge is 0.271 e. The molecule has 2 aliphatic rings. The van der Waals surface area contributed by atoms with Gasteiger partial charge in [0.25, 0.3) is 5.56 Å². The minimum atomic E-state index is -0.237. The molecule has 0 bridgehead atoms. The Balaban J connectivity index is 1.56. The summed E-state index contributed by atoms with van der Waals surface area (Å²) in [5, 5.41) is 0. The van der Waals surface area contributed by atoms with Gasteiger partial charge in [0.1, 0.15) is 18.1 Å². The van der Waals surface area contributed by atoms with E-state index >= 15 is 0 Å². The van der Waals surface area contributed by atoms with E-state index in [0.29, 0.717) is 15.9 Å². The van der Waals surface area contributed by atoms with Gasteiger partial charge in [0.2, 0.25) is 0 Å². The number of methoxy groups -OCH3 is 1. The van der Waals surface area contributed by atoms with Crippen molar-refractivity contribution in [1.82, 2.24) is 4.57 Å². The third-order valence-electron chi connectivity index (χ3n) is 6.81. The van der Waals surface area contributed by atoms with Crippen LogP contribution in [0.4, 0.5) is 0 Å². The van der Waals surface area contributed by atoms with Crippen LogP contribution < -0.4 is 24.4 Å². The van der Waals surface area contributed by atoms with Crippen molar-refractivity contribution < 1.29 is 9.47 Å². The second-order valence-corrected chi connectivity index (χ2v) is 10.1. The quantitative estimate of drug-likeness (QED) is 0.350. The summed E-state index contributed by atoms with van der Waals surface area (Å²) in [7, 11) is 1.67. The fraction of sp³-hybridized carbons (Fsp3) is 0.161. The maximum Gasteiger partial charge on any atom is 0.271 e. The van der Waals surface area contributed by atoms with E-state index in [1.54, 1.807) is 13.2 Å². The van der Waals surface area contributed by atoms with Crippen LogP contribution >= 0.6 is 11.3 Å². The highest BCUT2D eigenvalue weighted by molar-refractivity contribution is 7.07. The molecule has 0 radical (unpaired) electrons. The van der Waals surface area contributed by atoms with Crippen molar-refractivity contribution in [3.05, 3.63) is 133 Å². The summed E-state index contributed by atoms with van der Waals surface area (Å²) in [5.41, 5.74) is 6.49. The summed E-state index contributed by atoms with van der Waals surface area (Å²) in [6.07, 6.45) is 5.41. The molecule has 0 spiro atoms. The molecule has 0 amide bonds. The number of benzene rings is 3. The Kier molecular flexibility index (Phi) is 6.10. The zero-order chi connectivity index (χ0) is 25.4. The third-order valence-corrected chi connectivity index (χ3v) is 7.79. The molecule has 5 nitrogen and oxygen atoms in total. The van der Waals surface area contributed by atoms with Gasteiger partial charge in [0, 0.05) is 5.56 Å². The highest BCUT2D eigenvalue weighted by Gasteiger charge is 2.32. The first kappa shape index (κ1) is 23.3. The minimum absolute atomic E-state index is 0.0422. The molecule has 6 heteroatoms. The van der Waals surface area contributed by atoms with Crippen LogP contribution in [0.2, 0.25) is 0 Å². The lowest BCUT2D eigenvalue weighted by Gasteiger charge is -2.31. The molecular formula is C31H26N2O3S. The highest BCUT2D eigenvalue weighted by atomic mass is 32.1. The lowest BCUT2D eigenvalue weighted by atomic mass is 9.83. The van der Waals surface area contributed by atoms with Crippen LogP contribution in [0, 0.1) is 0 Å². The van der Waals surface area contributed by atoms with Gasteiger partial charge in [-0.2, -0.15) is 0 Å². The molecule has 0 fully saturated rings. The molecule has 2 heterocycles. The van der Waals surface area contributed by atoms with Crippen molar-refractivity contribution in [3.63, 3.8) is 0 Å². The van der Waals surface area contributed by atoms with E-state index in [4.69, 9.17) is 14.5 Å². The predicted octanol–water partition coefficient (Wildman–Crippen LogP) is 4.89. The van der Waals surface area contributed by atoms with Crippen LogP contribution in [0.5, 0.6) is 11.5 Å². The average molecular weight is 507 g/mol. The van der Waals surface area contributed by atoms with E-state index in [1.807, 2.05) is 53.1 Å². The molecule has 6 rings (SSSR count). The summed E-state index contributed by atoms with van der Waals surface area (Å²) >= 11 is 1.43. The van der Waals surface area contributed by atoms with Crippen LogP contribution in [0.3, 0.4) is 0 Å². The van der Waals surface area contributed by atoms with Gasteiger partial charge in [-0.15, -0.1) is 0 Å². The molecule has 3 aromatic carbocycles. The number of aromatic nitrogens is 1. The van der Waals surface area contributed by atoms with Gasteiger partial charge in [-0.1, -0.05) is 72.5 Å². The standard InChI is InChI=1S/C31H26N2O3S/c1-3-16-36-24-12-6-8-20(17-24)18-27-30(34)33-29(22-10-7-11-23(19-22)35-2)26-15-14-21-9-4-5-13-25(21)28(26)32-31(33)37-27/h3-13,17-19,29H,1,14-16H2,2H3. The lowest BCUT2D eigenvalue weighted by molar-refractivity contribution is 0.363. The monoisotopic (exact) mass is 506 g/mol. The van der Waals surface area contributed by atoms with Gasteiger partial charge >= 0.3 is 0 Å². The van der Waals surface area contributed by atoms with E-state index in [1.165, 1.54) is 22.5 Å². The Morgan fingerprint density at radius 1 is 1.05 bits per heavy atom. The van der Waals surface area contributed by atoms with Crippen molar-refractivity contribution in [3.8, 4) is 11.5 Å². The van der Waals surface area contributed by atoms with Gasteiger partial charge in [0.05, 0.1) is 23.4 Å². The Bertz CT molecular complexity index is 1730. The summed E-state index contributed by atoms with van der Waals surface area (Å²) in [4.78, 5) is 19.7. The topological polar surface area (TPSA) is 52.8 Å². The highest BCUT2D eigenvalue weighted by Crippen LogP contribution is 2.41. The molecule has 0 N–H and O–H groups in total. The number of nitrogens with zero attached hydrogens (tertiary/aromatic N) is 2. The normalized spacial score (nSPS) is 16.4. The van der Waals surface area contributed by atoms with Crippen molar-refractivity contribution in [2.45, 2.75) is 18.9 Å². The zero-order valence-corrected chi connectivity index (χ0v) is 21.3. The number of rotatable bonds is 6. The lowest BCUT2D eigenvalue weighted by Crippen LogP contribution is -2.38. The average Bonchev–Trinajstić information content (AvgIpc) is 3.25. The molecule has 1 unspecified atom stereocenters. The van der Waals surface area contributed by atoms with Crippen LogP contribution in [-0.4, -0.2) is 18.3 Å². The Labute approximate surface area is 219 Å². The number of ether oxygens (including phenoxy) is 2. The van der Waals surface area contributed by atoms with Crippen LogP contribution in [0.15, 0.2) is 101 Å². The molecule has 4 aromatic rings. The second kappa shape index (κ2) is 9.71. The molecule has 1 aliphatic carbocycles. The van der Waals surface area contributed by atoms with Crippen molar-refractivity contribution in [2.24, 2.45) is 4.99 Å². The van der Waals surface area contributed by atoms with Gasteiger partial charge < -0.3 is 9.47 Å². The van der Waals surface area contributed by atoms with Gasteiger partial charge in [-0.3, -0.25) is 9.36 Å². The molecule has 0 saturated heterocycles. The number of hydrogen-bond donors (Lipinski definition) is 0. The number of allylic oxidation sites excluding steroid dienone is 1. The largest absolute Gasteiger partial charge is 0.497 e. The van der Waals surface area contributed by atoms with E-state index < -0.39 is 0 Å². The summed E-state index contributed by atoms with van der Waals surface area (Å²) in [6.45, 7) is 4.13. The zero-order valence-electron chi connectivity index (χ0n) is 20.5. The maximum atomic E-state index is 13.9. The maximum absolute atomic E-state index is 13.9. The number of fused-ring (bicyclic) bond motifs is 3. The molecule has 37 heavy (non-hydrogen) atoms. The molecule has 1 atom stereocenters. The molecular weight excluding hydrogens is 480 g/mol. The molecule has 1 aromatic heterocycles. The Morgan fingerprint density at radius 2 is 1.89 bits per heavy atom.